The standard InChI is InChI=1S/C11H19NO2/c1-9(2)12-8-4-3-5-10(12)6-7-11(13)14/h6-7,9-10H,3-5,8H2,1-2H3,(H,13,14)/b7-6-. The molecule has 0 radical (unpaired) electrons. The van der Waals surface area contributed by atoms with Crippen LogP contribution in [-0.2, 0) is 4.79 Å². The van der Waals surface area contributed by atoms with Gasteiger partial charge in [0.25, 0.3) is 0 Å². The van der Waals surface area contributed by atoms with Crippen molar-refractivity contribution in [3.8, 4) is 0 Å². The first kappa shape index (κ1) is 11.2. The number of carbonyl (C=O) groups is 1. The van der Waals surface area contributed by atoms with Crippen LogP contribution < -0.4 is 0 Å². The Labute approximate surface area is 85.4 Å². The molecule has 0 aromatic rings. The van der Waals surface area contributed by atoms with Gasteiger partial charge < -0.3 is 5.11 Å². The maximum Gasteiger partial charge on any atom is 0.328 e. The summed E-state index contributed by atoms with van der Waals surface area (Å²) in [6.07, 6.45) is 6.61. The molecule has 1 fully saturated rings. The summed E-state index contributed by atoms with van der Waals surface area (Å²) in [6, 6.07) is 0.818. The van der Waals surface area contributed by atoms with Crippen LogP contribution in [0, 0.1) is 0 Å². The quantitative estimate of drug-likeness (QED) is 0.702. The molecule has 14 heavy (non-hydrogen) atoms. The van der Waals surface area contributed by atoms with Crippen molar-refractivity contribution in [2.24, 2.45) is 0 Å². The number of aliphatic carboxylic acids is 1. The lowest BCUT2D eigenvalue weighted by Gasteiger charge is -2.36. The molecule has 3 nitrogen and oxygen atoms in total. The zero-order chi connectivity index (χ0) is 10.6. The lowest BCUT2D eigenvalue weighted by molar-refractivity contribution is -0.131. The Morgan fingerprint density at radius 3 is 2.79 bits per heavy atom. The Kier molecular flexibility index (Phi) is 4.14. The SMILES string of the molecule is CC(C)N1CCCCC1/C=C\C(=O)O. The van der Waals surface area contributed by atoms with E-state index in [9.17, 15) is 4.79 Å². The predicted octanol–water partition coefficient (Wildman–Crippen LogP) is 1.89. The van der Waals surface area contributed by atoms with Crippen LogP contribution in [-0.4, -0.2) is 34.6 Å². The molecule has 0 bridgehead atoms. The second kappa shape index (κ2) is 5.15. The molecule has 1 saturated heterocycles. The summed E-state index contributed by atoms with van der Waals surface area (Å²) in [7, 11) is 0. The third-order valence-electron chi connectivity index (χ3n) is 2.72. The van der Waals surface area contributed by atoms with Crippen LogP contribution in [0.5, 0.6) is 0 Å². The van der Waals surface area contributed by atoms with Gasteiger partial charge in [-0.2, -0.15) is 0 Å². The van der Waals surface area contributed by atoms with E-state index in [2.05, 4.69) is 18.7 Å². The fourth-order valence-electron chi connectivity index (χ4n) is 2.02. The highest BCUT2D eigenvalue weighted by molar-refractivity contribution is 5.79. The molecule has 0 spiro atoms. The molecule has 1 heterocycles. The van der Waals surface area contributed by atoms with E-state index in [1.54, 1.807) is 0 Å². The molecule has 0 aliphatic carbocycles. The van der Waals surface area contributed by atoms with Crippen molar-refractivity contribution < 1.29 is 9.90 Å². The number of carboxylic acid groups (broad SMARTS) is 1. The normalized spacial score (nSPS) is 24.6. The number of likely N-dealkylation sites (tertiary alicyclic amines) is 1. The van der Waals surface area contributed by atoms with Crippen LogP contribution in [0.15, 0.2) is 12.2 Å². The summed E-state index contributed by atoms with van der Waals surface area (Å²) < 4.78 is 0. The third-order valence-corrected chi connectivity index (χ3v) is 2.72. The van der Waals surface area contributed by atoms with Gasteiger partial charge in [-0.1, -0.05) is 12.5 Å². The Morgan fingerprint density at radius 2 is 2.21 bits per heavy atom. The molecular formula is C11H19NO2. The molecule has 1 N–H and O–H groups in total. The van der Waals surface area contributed by atoms with Crippen molar-refractivity contribution in [3.63, 3.8) is 0 Å². The Bertz CT molecular complexity index is 223. The van der Waals surface area contributed by atoms with Crippen molar-refractivity contribution in [3.05, 3.63) is 12.2 Å². The monoisotopic (exact) mass is 197 g/mol. The Hall–Kier alpha value is -0.830. The first-order valence-electron chi connectivity index (χ1n) is 5.28. The fourth-order valence-corrected chi connectivity index (χ4v) is 2.02. The average molecular weight is 197 g/mol. The van der Waals surface area contributed by atoms with Gasteiger partial charge >= 0.3 is 5.97 Å². The highest BCUT2D eigenvalue weighted by Crippen LogP contribution is 2.20. The van der Waals surface area contributed by atoms with Crippen LogP contribution in [0.25, 0.3) is 0 Å². The van der Waals surface area contributed by atoms with Gasteiger partial charge in [0.2, 0.25) is 0 Å². The van der Waals surface area contributed by atoms with Gasteiger partial charge in [0.05, 0.1) is 0 Å². The van der Waals surface area contributed by atoms with E-state index < -0.39 is 5.97 Å². The van der Waals surface area contributed by atoms with Gasteiger partial charge in [0.1, 0.15) is 0 Å². The van der Waals surface area contributed by atoms with Crippen LogP contribution >= 0.6 is 0 Å². The van der Waals surface area contributed by atoms with E-state index in [1.807, 2.05) is 6.08 Å². The molecule has 0 aromatic heterocycles. The van der Waals surface area contributed by atoms with Crippen LogP contribution in [0.2, 0.25) is 0 Å². The summed E-state index contributed by atoms with van der Waals surface area (Å²) in [6.45, 7) is 5.41. The summed E-state index contributed by atoms with van der Waals surface area (Å²) in [5.41, 5.74) is 0. The summed E-state index contributed by atoms with van der Waals surface area (Å²) in [5.74, 6) is -0.848. The fraction of sp³-hybridized carbons (Fsp3) is 0.727. The minimum atomic E-state index is -0.848. The van der Waals surface area contributed by atoms with E-state index in [0.717, 1.165) is 13.0 Å². The second-order valence-corrected chi connectivity index (χ2v) is 4.09. The maximum absolute atomic E-state index is 10.4. The molecule has 1 atom stereocenters. The van der Waals surface area contributed by atoms with E-state index in [-0.39, 0.29) is 0 Å². The minimum absolute atomic E-state index is 0.319. The number of nitrogens with zero attached hydrogens (tertiary/aromatic N) is 1. The van der Waals surface area contributed by atoms with Gasteiger partial charge in [-0.3, -0.25) is 4.90 Å². The topological polar surface area (TPSA) is 40.5 Å². The molecule has 1 aliphatic rings. The molecule has 1 aliphatic heterocycles. The zero-order valence-electron chi connectivity index (χ0n) is 8.94. The highest BCUT2D eigenvalue weighted by Gasteiger charge is 2.22. The number of hydrogen-bond acceptors (Lipinski definition) is 2. The molecule has 0 amide bonds. The zero-order valence-corrected chi connectivity index (χ0v) is 8.94. The highest BCUT2D eigenvalue weighted by atomic mass is 16.4. The van der Waals surface area contributed by atoms with Crippen molar-refractivity contribution in [2.45, 2.75) is 45.2 Å². The second-order valence-electron chi connectivity index (χ2n) is 4.09. The van der Waals surface area contributed by atoms with Crippen LogP contribution in [0.1, 0.15) is 33.1 Å². The van der Waals surface area contributed by atoms with Gasteiger partial charge in [-0.05, 0) is 33.2 Å². The van der Waals surface area contributed by atoms with Gasteiger partial charge in [0.15, 0.2) is 0 Å². The summed E-state index contributed by atoms with van der Waals surface area (Å²) in [4.78, 5) is 12.8. The number of rotatable bonds is 3. The first-order valence-corrected chi connectivity index (χ1v) is 5.28. The van der Waals surface area contributed by atoms with E-state index >= 15 is 0 Å². The first-order chi connectivity index (χ1) is 6.61. The molecular weight excluding hydrogens is 178 g/mol. The van der Waals surface area contributed by atoms with Crippen molar-refractivity contribution in [1.29, 1.82) is 0 Å². The summed E-state index contributed by atoms with van der Waals surface area (Å²) in [5, 5.41) is 8.56. The average Bonchev–Trinajstić information content (AvgIpc) is 2.15. The van der Waals surface area contributed by atoms with E-state index in [4.69, 9.17) is 5.11 Å². The van der Waals surface area contributed by atoms with Crippen LogP contribution in [0.3, 0.4) is 0 Å². The predicted molar refractivity (Wildman–Crippen MR) is 56.3 cm³/mol. The van der Waals surface area contributed by atoms with E-state index in [0.29, 0.717) is 12.1 Å². The van der Waals surface area contributed by atoms with Crippen molar-refractivity contribution in [2.75, 3.05) is 6.54 Å². The van der Waals surface area contributed by atoms with Gasteiger partial charge in [0, 0.05) is 18.2 Å². The molecule has 3 heteroatoms. The Balaban J connectivity index is 2.58. The lowest BCUT2D eigenvalue weighted by atomic mass is 10.00. The molecule has 1 unspecified atom stereocenters. The Morgan fingerprint density at radius 1 is 1.50 bits per heavy atom. The molecule has 80 valence electrons. The third kappa shape index (κ3) is 3.14. The van der Waals surface area contributed by atoms with Crippen molar-refractivity contribution >= 4 is 5.97 Å². The number of piperidine rings is 1. The lowest BCUT2D eigenvalue weighted by Crippen LogP contribution is -2.42. The van der Waals surface area contributed by atoms with Gasteiger partial charge in [-0.25, -0.2) is 4.79 Å². The molecule has 0 aromatic carbocycles. The molecule has 1 rings (SSSR count). The largest absolute Gasteiger partial charge is 0.478 e. The summed E-state index contributed by atoms with van der Waals surface area (Å²) >= 11 is 0. The maximum atomic E-state index is 10.4. The van der Waals surface area contributed by atoms with E-state index in [1.165, 1.54) is 18.9 Å². The number of hydrogen-bond donors (Lipinski definition) is 1. The van der Waals surface area contributed by atoms with Crippen molar-refractivity contribution in [1.82, 2.24) is 4.90 Å². The molecule has 0 saturated carbocycles. The van der Waals surface area contributed by atoms with Crippen LogP contribution in [0.4, 0.5) is 0 Å². The van der Waals surface area contributed by atoms with Gasteiger partial charge in [-0.15, -0.1) is 0 Å². The number of carboxylic acids is 1. The minimum Gasteiger partial charge on any atom is -0.478 e. The smallest absolute Gasteiger partial charge is 0.328 e.